The maximum absolute atomic E-state index is 14.6. The Morgan fingerprint density at radius 3 is 2.33 bits per heavy atom. The van der Waals surface area contributed by atoms with E-state index in [0.29, 0.717) is 11.1 Å². The van der Waals surface area contributed by atoms with Crippen molar-refractivity contribution >= 4 is 12.2 Å². The summed E-state index contributed by atoms with van der Waals surface area (Å²) in [5, 5.41) is 0. The van der Waals surface area contributed by atoms with Crippen LogP contribution in [0.2, 0.25) is 0 Å². The number of carbonyl (C=O) groups is 2. The van der Waals surface area contributed by atoms with E-state index in [2.05, 4.69) is 0 Å². The highest BCUT2D eigenvalue weighted by Gasteiger charge is 2.47. The first kappa shape index (κ1) is 24.6. The average molecular weight is 463 g/mol. The van der Waals surface area contributed by atoms with Crippen molar-refractivity contribution in [3.63, 3.8) is 0 Å². The molecule has 0 spiro atoms. The van der Waals surface area contributed by atoms with Crippen molar-refractivity contribution in [2.24, 2.45) is 0 Å². The van der Waals surface area contributed by atoms with Gasteiger partial charge in [0.05, 0.1) is 6.04 Å². The van der Waals surface area contributed by atoms with E-state index in [-0.39, 0.29) is 12.0 Å². The van der Waals surface area contributed by atoms with Crippen LogP contribution >= 0.6 is 0 Å². The Labute approximate surface area is 191 Å². The molecule has 5 nitrogen and oxygen atoms in total. The predicted molar refractivity (Wildman–Crippen MR) is 117 cm³/mol. The summed E-state index contributed by atoms with van der Waals surface area (Å²) in [6.45, 7) is 7.32. The Morgan fingerprint density at radius 1 is 1.12 bits per heavy atom. The van der Waals surface area contributed by atoms with Crippen molar-refractivity contribution in [3.8, 4) is 0 Å². The fourth-order valence-electron chi connectivity index (χ4n) is 3.69. The fourth-order valence-corrected chi connectivity index (χ4v) is 3.69. The van der Waals surface area contributed by atoms with Gasteiger partial charge in [0.25, 0.3) is 0 Å². The third-order valence-corrected chi connectivity index (χ3v) is 5.19. The van der Waals surface area contributed by atoms with E-state index in [1.165, 1.54) is 36.4 Å². The number of amides is 2. The van der Waals surface area contributed by atoms with Crippen LogP contribution in [0.3, 0.4) is 0 Å². The molecule has 3 atom stereocenters. The highest BCUT2D eigenvalue weighted by molar-refractivity contribution is 5.90. The van der Waals surface area contributed by atoms with E-state index in [4.69, 9.17) is 9.47 Å². The van der Waals surface area contributed by atoms with Crippen LogP contribution in [-0.4, -0.2) is 34.4 Å². The summed E-state index contributed by atoms with van der Waals surface area (Å²) in [6.07, 6.45) is -4.43. The molecule has 3 rings (SSSR count). The van der Waals surface area contributed by atoms with Crippen molar-refractivity contribution in [2.45, 2.75) is 70.6 Å². The summed E-state index contributed by atoms with van der Waals surface area (Å²) < 4.78 is 53.1. The maximum Gasteiger partial charge on any atom is 0.420 e. The quantitative estimate of drug-likeness (QED) is 0.500. The highest BCUT2D eigenvalue weighted by Crippen LogP contribution is 2.37. The lowest BCUT2D eigenvalue weighted by Crippen LogP contribution is -2.43. The first-order chi connectivity index (χ1) is 15.3. The number of hydrogen-bond acceptors (Lipinski definition) is 4. The van der Waals surface area contributed by atoms with Crippen molar-refractivity contribution in [1.29, 1.82) is 0 Å². The summed E-state index contributed by atoms with van der Waals surface area (Å²) in [4.78, 5) is 26.4. The van der Waals surface area contributed by atoms with Gasteiger partial charge in [0, 0.05) is 0 Å². The molecular weight excluding hydrogens is 435 g/mol. The zero-order valence-electron chi connectivity index (χ0n) is 19.3. The summed E-state index contributed by atoms with van der Waals surface area (Å²) in [7, 11) is 0. The summed E-state index contributed by atoms with van der Waals surface area (Å²) in [5.41, 5.74) is -1.73. The predicted octanol–water partition coefficient (Wildman–Crippen LogP) is 6.62. The molecule has 1 heterocycles. The monoisotopic (exact) mass is 463 g/mol. The van der Waals surface area contributed by atoms with Crippen LogP contribution in [0.4, 0.5) is 22.8 Å². The molecule has 1 saturated heterocycles. The largest absolute Gasteiger partial charge is 0.443 e. The van der Waals surface area contributed by atoms with Gasteiger partial charge >= 0.3 is 12.2 Å². The number of halogens is 3. The van der Waals surface area contributed by atoms with Gasteiger partial charge in [-0.15, -0.1) is 0 Å². The Balaban J connectivity index is 1.97. The first-order valence-corrected chi connectivity index (χ1v) is 10.7. The number of benzene rings is 2. The second-order valence-electron chi connectivity index (χ2n) is 9.65. The summed E-state index contributed by atoms with van der Waals surface area (Å²) in [5.74, 6) is -0.459. The van der Waals surface area contributed by atoms with Gasteiger partial charge in [-0.3, -0.25) is 0 Å². The van der Waals surface area contributed by atoms with E-state index in [9.17, 15) is 22.8 Å². The number of alkyl halides is 2. The zero-order chi connectivity index (χ0) is 24.6. The second-order valence-corrected chi connectivity index (χ2v) is 9.65. The normalized spacial score (nSPS) is 19.9. The molecule has 1 aliphatic heterocycles. The van der Waals surface area contributed by atoms with E-state index < -0.39 is 47.6 Å². The lowest BCUT2D eigenvalue weighted by Gasteiger charge is -2.27. The van der Waals surface area contributed by atoms with Crippen LogP contribution in [-0.2, 0) is 15.9 Å². The number of nitrogens with zero attached hydrogens (tertiary/aromatic N) is 1. The molecule has 3 unspecified atom stereocenters. The molecule has 178 valence electrons. The molecule has 0 N–H and O–H groups in total. The molecule has 1 aliphatic rings. The first-order valence-electron chi connectivity index (χ1n) is 10.7. The van der Waals surface area contributed by atoms with Crippen LogP contribution in [0.15, 0.2) is 48.5 Å². The van der Waals surface area contributed by atoms with E-state index in [0.717, 1.165) is 18.7 Å². The average Bonchev–Trinajstić information content (AvgIpc) is 3.02. The number of imide groups is 1. The number of cyclic esters (lactones) is 1. The van der Waals surface area contributed by atoms with Crippen LogP contribution in [0, 0.1) is 5.82 Å². The lowest BCUT2D eigenvalue weighted by molar-refractivity contribution is 0.0287. The molecule has 2 amide bonds. The van der Waals surface area contributed by atoms with Gasteiger partial charge in [0.2, 0.25) is 0 Å². The Kier molecular flexibility index (Phi) is 6.77. The molecule has 0 aliphatic carbocycles. The van der Waals surface area contributed by atoms with Gasteiger partial charge in [-0.1, -0.05) is 36.4 Å². The van der Waals surface area contributed by atoms with Gasteiger partial charge in [-0.25, -0.2) is 27.7 Å². The molecule has 0 bridgehead atoms. The SMILES string of the molecule is CC(C)(C)OC(=O)N1C(=O)OC(c2ccc(F)cc2)C1Cc1cccc(C(F)C(C)(C)F)c1. The lowest BCUT2D eigenvalue weighted by atomic mass is 9.92. The van der Waals surface area contributed by atoms with Crippen molar-refractivity contribution in [3.05, 3.63) is 71.0 Å². The maximum atomic E-state index is 14.6. The summed E-state index contributed by atoms with van der Waals surface area (Å²) >= 11 is 0. The van der Waals surface area contributed by atoms with Gasteiger partial charge < -0.3 is 9.47 Å². The topological polar surface area (TPSA) is 55.8 Å². The van der Waals surface area contributed by atoms with E-state index in [1.807, 2.05) is 0 Å². The molecule has 0 saturated carbocycles. The van der Waals surface area contributed by atoms with Crippen LogP contribution in [0.5, 0.6) is 0 Å². The minimum Gasteiger partial charge on any atom is -0.443 e. The van der Waals surface area contributed by atoms with Gasteiger partial charge in [0.15, 0.2) is 12.3 Å². The molecule has 1 fully saturated rings. The number of carbonyl (C=O) groups excluding carboxylic acids is 2. The molecule has 2 aromatic rings. The Bertz CT molecular complexity index is 1010. The van der Waals surface area contributed by atoms with Crippen LogP contribution < -0.4 is 0 Å². The molecule has 0 aromatic heterocycles. The minimum atomic E-state index is -2.08. The number of ether oxygens (including phenoxy) is 2. The molecule has 0 radical (unpaired) electrons. The van der Waals surface area contributed by atoms with Gasteiger partial charge in [-0.2, -0.15) is 0 Å². The van der Waals surface area contributed by atoms with Gasteiger partial charge in [-0.05, 0) is 69.9 Å². The van der Waals surface area contributed by atoms with Crippen LogP contribution in [0.25, 0.3) is 0 Å². The molecular formula is C25H28F3NO4. The highest BCUT2D eigenvalue weighted by atomic mass is 19.2. The molecule has 8 heteroatoms. The Hall–Kier alpha value is -3.03. The van der Waals surface area contributed by atoms with Crippen molar-refractivity contribution in [2.75, 3.05) is 0 Å². The second kappa shape index (κ2) is 9.08. The van der Waals surface area contributed by atoms with Crippen molar-refractivity contribution < 1.29 is 32.2 Å². The van der Waals surface area contributed by atoms with E-state index >= 15 is 0 Å². The van der Waals surface area contributed by atoms with Crippen LogP contribution in [0.1, 0.15) is 63.6 Å². The van der Waals surface area contributed by atoms with Crippen molar-refractivity contribution in [1.82, 2.24) is 4.90 Å². The third kappa shape index (κ3) is 5.86. The van der Waals surface area contributed by atoms with E-state index in [1.54, 1.807) is 32.9 Å². The zero-order valence-corrected chi connectivity index (χ0v) is 19.3. The number of hydrogen-bond donors (Lipinski definition) is 0. The standard InChI is InChI=1S/C25H28F3NO4/c1-24(2,3)33-23(31)29-19(20(32-22(29)30)16-9-11-18(26)12-10-16)14-15-7-6-8-17(13-15)21(27)25(4,5)28/h6-13,19-21H,14H2,1-5H3. The minimum absolute atomic E-state index is 0.0975. The summed E-state index contributed by atoms with van der Waals surface area (Å²) in [6, 6.07) is 10.8. The molecule has 33 heavy (non-hydrogen) atoms. The third-order valence-electron chi connectivity index (χ3n) is 5.19. The number of rotatable bonds is 5. The smallest absolute Gasteiger partial charge is 0.420 e. The Morgan fingerprint density at radius 2 is 1.76 bits per heavy atom. The molecule has 2 aromatic carbocycles. The fraction of sp³-hybridized carbons (Fsp3) is 0.440. The van der Waals surface area contributed by atoms with Gasteiger partial charge in [0.1, 0.15) is 17.1 Å².